The van der Waals surface area contributed by atoms with Crippen molar-refractivity contribution in [1.29, 1.82) is 0 Å². The molecule has 1 saturated heterocycles. The minimum atomic E-state index is -0.172. The standard InChI is InChI=1S/C16H22ClN3O3/c1-12-3-4-13(11-14(12)17)18-16(22)20-8-6-19(7-9-20)15(21)5-10-23-2/h3-4,11H,5-10H2,1-2H3,(H,18,22). The van der Waals surface area contributed by atoms with Crippen LogP contribution in [0.5, 0.6) is 0 Å². The van der Waals surface area contributed by atoms with E-state index in [0.29, 0.717) is 49.9 Å². The van der Waals surface area contributed by atoms with E-state index >= 15 is 0 Å². The molecular formula is C16H22ClN3O3. The van der Waals surface area contributed by atoms with Crippen molar-refractivity contribution >= 4 is 29.2 Å². The average molecular weight is 340 g/mol. The number of nitrogens with one attached hydrogen (secondary N) is 1. The van der Waals surface area contributed by atoms with E-state index in [-0.39, 0.29) is 11.9 Å². The van der Waals surface area contributed by atoms with E-state index in [1.165, 1.54) is 0 Å². The number of carbonyl (C=O) groups excluding carboxylic acids is 2. The summed E-state index contributed by atoms with van der Waals surface area (Å²) in [5.74, 6) is 0.0669. The van der Waals surface area contributed by atoms with E-state index in [2.05, 4.69) is 5.32 Å². The molecule has 1 heterocycles. The molecule has 3 amide bonds. The second kappa shape index (κ2) is 8.17. The molecule has 1 aliphatic heterocycles. The van der Waals surface area contributed by atoms with Crippen molar-refractivity contribution < 1.29 is 14.3 Å². The van der Waals surface area contributed by atoms with Crippen LogP contribution < -0.4 is 5.32 Å². The summed E-state index contributed by atoms with van der Waals surface area (Å²) in [4.78, 5) is 27.6. The number of benzene rings is 1. The number of methoxy groups -OCH3 is 1. The Morgan fingerprint density at radius 1 is 1.22 bits per heavy atom. The second-order valence-electron chi connectivity index (χ2n) is 5.50. The highest BCUT2D eigenvalue weighted by Gasteiger charge is 2.23. The van der Waals surface area contributed by atoms with Crippen LogP contribution in [0, 0.1) is 6.92 Å². The maximum Gasteiger partial charge on any atom is 0.321 e. The van der Waals surface area contributed by atoms with Crippen LogP contribution in [0.15, 0.2) is 18.2 Å². The summed E-state index contributed by atoms with van der Waals surface area (Å²) in [7, 11) is 1.58. The third-order valence-electron chi connectivity index (χ3n) is 3.86. The maximum atomic E-state index is 12.3. The predicted octanol–water partition coefficient (Wildman–Crippen LogP) is 2.36. The third kappa shape index (κ3) is 4.84. The molecule has 0 bridgehead atoms. The molecule has 126 valence electrons. The zero-order valence-electron chi connectivity index (χ0n) is 13.5. The van der Waals surface area contributed by atoms with Crippen LogP contribution in [0.2, 0.25) is 5.02 Å². The number of halogens is 1. The molecule has 7 heteroatoms. The molecule has 0 spiro atoms. The molecule has 6 nitrogen and oxygen atoms in total. The average Bonchev–Trinajstić information content (AvgIpc) is 2.56. The highest BCUT2D eigenvalue weighted by atomic mass is 35.5. The fourth-order valence-corrected chi connectivity index (χ4v) is 2.56. The monoisotopic (exact) mass is 339 g/mol. The Morgan fingerprint density at radius 2 is 1.87 bits per heavy atom. The van der Waals surface area contributed by atoms with E-state index in [9.17, 15) is 9.59 Å². The van der Waals surface area contributed by atoms with Crippen LogP contribution in [0.1, 0.15) is 12.0 Å². The topological polar surface area (TPSA) is 61.9 Å². The van der Waals surface area contributed by atoms with E-state index in [4.69, 9.17) is 16.3 Å². The van der Waals surface area contributed by atoms with E-state index in [1.54, 1.807) is 23.0 Å². The van der Waals surface area contributed by atoms with Crippen molar-refractivity contribution in [3.05, 3.63) is 28.8 Å². The predicted molar refractivity (Wildman–Crippen MR) is 89.9 cm³/mol. The molecule has 1 aliphatic rings. The first-order chi connectivity index (χ1) is 11.0. The number of hydrogen-bond acceptors (Lipinski definition) is 3. The van der Waals surface area contributed by atoms with Gasteiger partial charge in [0, 0.05) is 44.0 Å². The summed E-state index contributed by atoms with van der Waals surface area (Å²) in [6, 6.07) is 5.25. The summed E-state index contributed by atoms with van der Waals surface area (Å²) in [6.45, 7) is 4.46. The van der Waals surface area contributed by atoms with Crippen LogP contribution in [-0.4, -0.2) is 61.6 Å². The fraction of sp³-hybridized carbons (Fsp3) is 0.500. The molecule has 0 unspecified atom stereocenters. The van der Waals surface area contributed by atoms with Crippen molar-refractivity contribution in [2.45, 2.75) is 13.3 Å². The van der Waals surface area contributed by atoms with Crippen LogP contribution in [0.25, 0.3) is 0 Å². The van der Waals surface area contributed by atoms with Gasteiger partial charge in [0.2, 0.25) is 5.91 Å². The first-order valence-electron chi connectivity index (χ1n) is 7.60. The van der Waals surface area contributed by atoms with Crippen molar-refractivity contribution in [3.63, 3.8) is 0 Å². The minimum absolute atomic E-state index is 0.0669. The molecule has 0 aromatic heterocycles. The highest BCUT2D eigenvalue weighted by Crippen LogP contribution is 2.20. The van der Waals surface area contributed by atoms with E-state index in [0.717, 1.165) is 5.56 Å². The quantitative estimate of drug-likeness (QED) is 0.916. The van der Waals surface area contributed by atoms with Gasteiger partial charge in [0.15, 0.2) is 0 Å². The minimum Gasteiger partial charge on any atom is -0.384 e. The molecule has 0 radical (unpaired) electrons. The van der Waals surface area contributed by atoms with Crippen LogP contribution in [0.4, 0.5) is 10.5 Å². The Labute approximate surface area is 141 Å². The summed E-state index contributed by atoms with van der Waals surface area (Å²) < 4.78 is 4.91. The normalized spacial score (nSPS) is 14.7. The van der Waals surface area contributed by atoms with Gasteiger partial charge in [-0.3, -0.25) is 4.79 Å². The maximum absolute atomic E-state index is 12.3. The van der Waals surface area contributed by atoms with Crippen LogP contribution in [-0.2, 0) is 9.53 Å². The first kappa shape index (κ1) is 17.6. The molecule has 1 aromatic rings. The summed E-state index contributed by atoms with van der Waals surface area (Å²) >= 11 is 6.06. The van der Waals surface area contributed by atoms with Crippen LogP contribution >= 0.6 is 11.6 Å². The van der Waals surface area contributed by atoms with Gasteiger partial charge in [0.25, 0.3) is 0 Å². The summed E-state index contributed by atoms with van der Waals surface area (Å²) in [5, 5.41) is 3.46. The molecule has 1 aromatic carbocycles. The van der Waals surface area contributed by atoms with Gasteiger partial charge in [0.1, 0.15) is 0 Å². The largest absolute Gasteiger partial charge is 0.384 e. The molecular weight excluding hydrogens is 318 g/mol. The van der Waals surface area contributed by atoms with Crippen molar-refractivity contribution in [3.8, 4) is 0 Å². The number of nitrogens with zero attached hydrogens (tertiary/aromatic N) is 2. The van der Waals surface area contributed by atoms with Gasteiger partial charge < -0.3 is 19.9 Å². The van der Waals surface area contributed by atoms with Gasteiger partial charge in [0.05, 0.1) is 13.0 Å². The molecule has 23 heavy (non-hydrogen) atoms. The van der Waals surface area contributed by atoms with Crippen molar-refractivity contribution in [1.82, 2.24) is 9.80 Å². The van der Waals surface area contributed by atoms with Crippen molar-refractivity contribution in [2.24, 2.45) is 0 Å². The number of amides is 3. The van der Waals surface area contributed by atoms with E-state index in [1.807, 2.05) is 19.1 Å². The Bertz CT molecular complexity index is 572. The Balaban J connectivity index is 1.83. The van der Waals surface area contributed by atoms with Gasteiger partial charge in [-0.15, -0.1) is 0 Å². The zero-order valence-corrected chi connectivity index (χ0v) is 14.2. The summed E-state index contributed by atoms with van der Waals surface area (Å²) in [5.41, 5.74) is 1.64. The molecule has 2 rings (SSSR count). The lowest BCUT2D eigenvalue weighted by Gasteiger charge is -2.34. The number of ether oxygens (including phenoxy) is 1. The molecule has 1 N–H and O–H groups in total. The van der Waals surface area contributed by atoms with Gasteiger partial charge in [-0.1, -0.05) is 17.7 Å². The first-order valence-corrected chi connectivity index (χ1v) is 7.98. The molecule has 0 aliphatic carbocycles. The van der Waals surface area contributed by atoms with Gasteiger partial charge in [-0.25, -0.2) is 4.79 Å². The molecule has 0 saturated carbocycles. The van der Waals surface area contributed by atoms with Crippen LogP contribution in [0.3, 0.4) is 0 Å². The Kier molecular flexibility index (Phi) is 6.24. The number of aryl methyl sites for hydroxylation is 1. The summed E-state index contributed by atoms with van der Waals surface area (Å²) in [6.07, 6.45) is 0.380. The second-order valence-corrected chi connectivity index (χ2v) is 5.91. The molecule has 0 atom stereocenters. The number of piperazine rings is 1. The number of carbonyl (C=O) groups is 2. The zero-order chi connectivity index (χ0) is 16.8. The number of anilines is 1. The Morgan fingerprint density at radius 3 is 2.48 bits per heavy atom. The lowest BCUT2D eigenvalue weighted by Crippen LogP contribution is -2.51. The molecule has 1 fully saturated rings. The highest BCUT2D eigenvalue weighted by molar-refractivity contribution is 6.31. The fourth-order valence-electron chi connectivity index (χ4n) is 2.38. The smallest absolute Gasteiger partial charge is 0.321 e. The van der Waals surface area contributed by atoms with E-state index < -0.39 is 0 Å². The number of urea groups is 1. The van der Waals surface area contributed by atoms with Gasteiger partial charge in [-0.05, 0) is 24.6 Å². The van der Waals surface area contributed by atoms with Gasteiger partial charge in [-0.2, -0.15) is 0 Å². The number of rotatable bonds is 4. The lowest BCUT2D eigenvalue weighted by molar-refractivity contribution is -0.133. The lowest BCUT2D eigenvalue weighted by atomic mass is 10.2. The van der Waals surface area contributed by atoms with Crippen molar-refractivity contribution in [2.75, 3.05) is 45.2 Å². The third-order valence-corrected chi connectivity index (χ3v) is 4.27. The number of hydrogen-bond donors (Lipinski definition) is 1. The Hall–Kier alpha value is -1.79. The van der Waals surface area contributed by atoms with Gasteiger partial charge >= 0.3 is 6.03 Å². The SMILES string of the molecule is COCCC(=O)N1CCN(C(=O)Nc2ccc(C)c(Cl)c2)CC1.